The Morgan fingerprint density at radius 2 is 1.54 bits per heavy atom. The summed E-state index contributed by atoms with van der Waals surface area (Å²) in [7, 11) is -3.45. The van der Waals surface area contributed by atoms with Gasteiger partial charge in [-0.3, -0.25) is 4.79 Å². The highest BCUT2D eigenvalue weighted by Crippen LogP contribution is 2.54. The molecule has 1 atom stereocenters. The predicted molar refractivity (Wildman–Crippen MR) is 110 cm³/mol. The van der Waals surface area contributed by atoms with Gasteiger partial charge >= 0.3 is 0 Å². The summed E-state index contributed by atoms with van der Waals surface area (Å²) in [4.78, 5) is 13.8. The lowest BCUT2D eigenvalue weighted by Crippen LogP contribution is -2.36. The lowest BCUT2D eigenvalue weighted by Gasteiger charge is -2.34. The molecule has 0 saturated carbocycles. The Hall–Kier alpha value is -2.44. The summed E-state index contributed by atoms with van der Waals surface area (Å²) in [6.07, 6.45) is 6.27. The van der Waals surface area contributed by atoms with Crippen molar-refractivity contribution in [2.24, 2.45) is 5.41 Å². The van der Waals surface area contributed by atoms with Crippen LogP contribution in [0.5, 0.6) is 0 Å². The highest BCUT2D eigenvalue weighted by Gasteiger charge is 2.47. The first-order chi connectivity index (χ1) is 12.4. The maximum Gasteiger partial charge on any atom is 0.210 e. The lowest BCUT2D eigenvalue weighted by atomic mass is 9.76. The predicted octanol–water partition coefficient (Wildman–Crippen LogP) is 5.00. The highest BCUT2D eigenvalue weighted by molar-refractivity contribution is 7.93. The molecule has 1 unspecified atom stereocenters. The van der Waals surface area contributed by atoms with Crippen molar-refractivity contribution in [1.82, 2.24) is 0 Å². The van der Waals surface area contributed by atoms with Crippen molar-refractivity contribution in [3.63, 3.8) is 0 Å². The maximum absolute atomic E-state index is 14.3. The minimum atomic E-state index is -3.45. The van der Waals surface area contributed by atoms with Gasteiger partial charge in [0.25, 0.3) is 0 Å². The molecule has 0 N–H and O–H groups in total. The molecule has 2 nitrogen and oxygen atoms in total. The molecule has 0 bridgehead atoms. The van der Waals surface area contributed by atoms with Crippen LogP contribution >= 0.6 is 7.14 Å². The summed E-state index contributed by atoms with van der Waals surface area (Å²) in [5.41, 5.74) is 0.915. The molecule has 0 heterocycles. The molecule has 1 aliphatic rings. The van der Waals surface area contributed by atoms with E-state index in [1.54, 1.807) is 30.3 Å². The van der Waals surface area contributed by atoms with Crippen molar-refractivity contribution >= 4 is 23.3 Å². The minimum absolute atomic E-state index is 0.212. The van der Waals surface area contributed by atoms with E-state index in [0.29, 0.717) is 17.0 Å². The van der Waals surface area contributed by atoms with Gasteiger partial charge in [0.2, 0.25) is 12.7 Å². The molecule has 2 aromatic carbocycles. The van der Waals surface area contributed by atoms with Crippen LogP contribution in [0.4, 0.5) is 0 Å². The SMILES string of the molecule is C=CC1=CCC(C)(C(=O)P(=O)(c2ccccc2)c2ccccc2)C(C)=C1. The van der Waals surface area contributed by atoms with Crippen molar-refractivity contribution in [2.75, 3.05) is 0 Å². The van der Waals surface area contributed by atoms with Gasteiger partial charge in [0.1, 0.15) is 0 Å². The Bertz CT molecular complexity index is 895. The fourth-order valence-electron chi connectivity index (χ4n) is 3.36. The van der Waals surface area contributed by atoms with Gasteiger partial charge < -0.3 is 4.57 Å². The molecule has 0 amide bonds. The third-order valence-electron chi connectivity index (χ3n) is 5.23. The first kappa shape index (κ1) is 18.4. The second kappa shape index (κ2) is 7.05. The number of hydrogen-bond donors (Lipinski definition) is 0. The van der Waals surface area contributed by atoms with Crippen LogP contribution in [0.25, 0.3) is 0 Å². The molecular formula is C23H23O2P. The lowest BCUT2D eigenvalue weighted by molar-refractivity contribution is -0.118. The minimum Gasteiger partial charge on any atom is -0.306 e. The summed E-state index contributed by atoms with van der Waals surface area (Å²) in [5.74, 6) is 0. The third kappa shape index (κ3) is 2.95. The van der Waals surface area contributed by atoms with Gasteiger partial charge in [0, 0.05) is 10.6 Å². The van der Waals surface area contributed by atoms with E-state index in [-0.39, 0.29) is 5.52 Å². The summed E-state index contributed by atoms with van der Waals surface area (Å²) in [5, 5.41) is 1.17. The normalized spacial score (nSPS) is 20.1. The second-order valence-electron chi connectivity index (χ2n) is 6.86. The molecule has 3 rings (SSSR count). The molecule has 132 valence electrons. The quantitative estimate of drug-likeness (QED) is 0.702. The van der Waals surface area contributed by atoms with Gasteiger partial charge in [0.05, 0.1) is 5.41 Å². The van der Waals surface area contributed by atoms with Crippen molar-refractivity contribution in [2.45, 2.75) is 20.3 Å². The van der Waals surface area contributed by atoms with Crippen molar-refractivity contribution in [1.29, 1.82) is 0 Å². The van der Waals surface area contributed by atoms with Crippen molar-refractivity contribution < 1.29 is 9.36 Å². The molecule has 3 heteroatoms. The summed E-state index contributed by atoms with van der Waals surface area (Å²) >= 11 is 0. The Labute approximate surface area is 155 Å². The molecule has 26 heavy (non-hydrogen) atoms. The summed E-state index contributed by atoms with van der Waals surface area (Å²) in [6, 6.07) is 18.2. The maximum atomic E-state index is 14.3. The molecule has 0 aliphatic heterocycles. The van der Waals surface area contributed by atoms with E-state index in [1.807, 2.05) is 62.4 Å². The standard InChI is InChI=1S/C23H23O2P/c1-4-19-15-16-23(3,18(2)17-19)22(24)26(25,20-11-7-5-8-12-20)21-13-9-6-10-14-21/h4-15,17H,1,16H2,2-3H3. The summed E-state index contributed by atoms with van der Waals surface area (Å²) < 4.78 is 14.3. The van der Waals surface area contributed by atoms with Crippen LogP contribution in [-0.2, 0) is 9.36 Å². The average molecular weight is 362 g/mol. The largest absolute Gasteiger partial charge is 0.306 e. The highest BCUT2D eigenvalue weighted by atomic mass is 31.2. The monoisotopic (exact) mass is 362 g/mol. The van der Waals surface area contributed by atoms with Gasteiger partial charge in [0.15, 0.2) is 0 Å². The molecule has 0 saturated heterocycles. The van der Waals surface area contributed by atoms with Gasteiger partial charge in [-0.05, 0) is 25.8 Å². The van der Waals surface area contributed by atoms with E-state index in [0.717, 1.165) is 11.1 Å². The van der Waals surface area contributed by atoms with E-state index in [9.17, 15) is 9.36 Å². The van der Waals surface area contributed by atoms with E-state index >= 15 is 0 Å². The zero-order chi connectivity index (χ0) is 18.8. The first-order valence-corrected chi connectivity index (χ1v) is 10.4. The second-order valence-corrected chi connectivity index (χ2v) is 9.51. The Morgan fingerprint density at radius 1 is 1.04 bits per heavy atom. The van der Waals surface area contributed by atoms with Gasteiger partial charge in [-0.2, -0.15) is 0 Å². The molecule has 2 aromatic rings. The third-order valence-corrected chi connectivity index (χ3v) is 8.35. The molecule has 0 fully saturated rings. The van der Waals surface area contributed by atoms with Crippen LogP contribution in [0.2, 0.25) is 0 Å². The first-order valence-electron chi connectivity index (χ1n) is 8.70. The van der Waals surface area contributed by atoms with Crippen LogP contribution in [-0.4, -0.2) is 5.52 Å². The molecule has 0 spiro atoms. The van der Waals surface area contributed by atoms with Crippen molar-refractivity contribution in [3.8, 4) is 0 Å². The number of rotatable bonds is 5. The van der Waals surface area contributed by atoms with E-state index in [2.05, 4.69) is 6.58 Å². The number of carbonyl (C=O) groups is 1. The van der Waals surface area contributed by atoms with Gasteiger partial charge in [-0.1, -0.05) is 91.0 Å². The van der Waals surface area contributed by atoms with Crippen LogP contribution in [0.15, 0.2) is 96.6 Å². The number of benzene rings is 2. The van der Waals surface area contributed by atoms with Crippen LogP contribution in [0.1, 0.15) is 20.3 Å². The molecule has 0 radical (unpaired) electrons. The zero-order valence-corrected chi connectivity index (χ0v) is 16.1. The fraction of sp³-hybridized carbons (Fsp3) is 0.174. The smallest absolute Gasteiger partial charge is 0.210 e. The molecular weight excluding hydrogens is 339 g/mol. The number of carbonyl (C=O) groups excluding carboxylic acids is 1. The number of hydrogen-bond acceptors (Lipinski definition) is 2. The Balaban J connectivity index is 2.17. The van der Waals surface area contributed by atoms with Crippen LogP contribution < -0.4 is 10.6 Å². The van der Waals surface area contributed by atoms with E-state index in [1.165, 1.54) is 0 Å². The van der Waals surface area contributed by atoms with Crippen LogP contribution in [0.3, 0.4) is 0 Å². The van der Waals surface area contributed by atoms with Crippen molar-refractivity contribution in [3.05, 3.63) is 96.6 Å². The topological polar surface area (TPSA) is 34.1 Å². The van der Waals surface area contributed by atoms with E-state index in [4.69, 9.17) is 0 Å². The average Bonchev–Trinajstić information content (AvgIpc) is 2.70. The van der Waals surface area contributed by atoms with Crippen LogP contribution in [0, 0.1) is 5.41 Å². The number of allylic oxidation sites excluding steroid dienone is 5. The summed E-state index contributed by atoms with van der Waals surface area (Å²) in [6.45, 7) is 7.64. The Morgan fingerprint density at radius 3 is 1.96 bits per heavy atom. The molecule has 0 aromatic heterocycles. The molecule has 1 aliphatic carbocycles. The van der Waals surface area contributed by atoms with E-state index < -0.39 is 12.6 Å². The van der Waals surface area contributed by atoms with Gasteiger partial charge in [-0.25, -0.2) is 0 Å². The Kier molecular flexibility index (Phi) is 4.98. The van der Waals surface area contributed by atoms with Gasteiger partial charge in [-0.15, -0.1) is 0 Å². The fourth-order valence-corrected chi connectivity index (χ4v) is 6.27. The zero-order valence-electron chi connectivity index (χ0n) is 15.2.